The third-order valence-electron chi connectivity index (χ3n) is 2.30. The Balaban J connectivity index is 3.49. The minimum Gasteiger partial charge on any atom is -0.504 e. The average Bonchev–Trinajstić information content (AvgIpc) is 2.17. The number of benzene rings is 1. The SMILES string of the molecule is CC(C)(C)c1ccc([N+](=O)[O-])c(OC(=O)O)c1O. The van der Waals surface area contributed by atoms with Gasteiger partial charge in [0.05, 0.1) is 4.92 Å². The van der Waals surface area contributed by atoms with E-state index in [0.29, 0.717) is 5.56 Å². The van der Waals surface area contributed by atoms with Crippen molar-refractivity contribution in [3.05, 3.63) is 27.8 Å². The fourth-order valence-electron chi connectivity index (χ4n) is 1.50. The predicted molar refractivity (Wildman–Crippen MR) is 62.1 cm³/mol. The summed E-state index contributed by atoms with van der Waals surface area (Å²) in [5.74, 6) is -1.18. The smallest absolute Gasteiger partial charge is 0.504 e. The Bertz CT molecular complexity index is 503. The molecule has 0 saturated heterocycles. The van der Waals surface area contributed by atoms with Crippen molar-refractivity contribution in [1.82, 2.24) is 0 Å². The standard InChI is InChI=1S/C11H13NO6/c1-11(2,3)6-4-5-7(12(16)17)9(8(6)13)18-10(14)15/h4-5,13H,1-3H3,(H,14,15). The Labute approximate surface area is 103 Å². The first-order chi connectivity index (χ1) is 8.14. The van der Waals surface area contributed by atoms with Crippen LogP contribution >= 0.6 is 0 Å². The van der Waals surface area contributed by atoms with Gasteiger partial charge >= 0.3 is 11.8 Å². The summed E-state index contributed by atoms with van der Waals surface area (Å²) in [6, 6.07) is 2.49. The first-order valence-electron chi connectivity index (χ1n) is 5.06. The molecule has 0 aromatic heterocycles. The maximum absolute atomic E-state index is 10.7. The molecule has 0 bridgehead atoms. The monoisotopic (exact) mass is 255 g/mol. The predicted octanol–water partition coefficient (Wildman–Crippen LogP) is 2.65. The van der Waals surface area contributed by atoms with E-state index in [0.717, 1.165) is 6.07 Å². The van der Waals surface area contributed by atoms with Crippen LogP contribution in [-0.2, 0) is 5.41 Å². The highest BCUT2D eigenvalue weighted by Gasteiger charge is 2.28. The molecule has 98 valence electrons. The number of nitro groups is 1. The van der Waals surface area contributed by atoms with E-state index in [1.165, 1.54) is 6.07 Å². The number of hydrogen-bond donors (Lipinski definition) is 2. The molecule has 0 amide bonds. The van der Waals surface area contributed by atoms with E-state index in [2.05, 4.69) is 4.74 Å². The molecule has 0 aliphatic carbocycles. The quantitative estimate of drug-likeness (QED) is 0.364. The summed E-state index contributed by atoms with van der Waals surface area (Å²) in [4.78, 5) is 20.4. The molecular weight excluding hydrogens is 242 g/mol. The highest BCUT2D eigenvalue weighted by atomic mass is 16.7. The summed E-state index contributed by atoms with van der Waals surface area (Å²) in [7, 11) is 0. The molecule has 2 N–H and O–H groups in total. The van der Waals surface area contributed by atoms with Gasteiger partial charge < -0.3 is 14.9 Å². The third-order valence-corrected chi connectivity index (χ3v) is 2.30. The van der Waals surface area contributed by atoms with Crippen LogP contribution in [0.5, 0.6) is 11.5 Å². The Kier molecular flexibility index (Phi) is 3.45. The Hall–Kier alpha value is -2.31. The summed E-state index contributed by atoms with van der Waals surface area (Å²) in [5, 5.41) is 29.2. The third kappa shape index (κ3) is 2.68. The number of rotatable bonds is 2. The molecule has 1 aromatic carbocycles. The van der Waals surface area contributed by atoms with E-state index in [-0.39, 0.29) is 0 Å². The van der Waals surface area contributed by atoms with Crippen molar-refractivity contribution < 1.29 is 24.7 Å². The lowest BCUT2D eigenvalue weighted by atomic mass is 9.86. The van der Waals surface area contributed by atoms with Crippen LogP contribution in [0.3, 0.4) is 0 Å². The average molecular weight is 255 g/mol. The summed E-state index contributed by atoms with van der Waals surface area (Å²) in [6.45, 7) is 5.33. The summed E-state index contributed by atoms with van der Waals surface area (Å²) >= 11 is 0. The Morgan fingerprint density at radius 2 is 1.94 bits per heavy atom. The van der Waals surface area contributed by atoms with E-state index in [9.17, 15) is 20.0 Å². The van der Waals surface area contributed by atoms with Gasteiger partial charge in [-0.05, 0) is 11.5 Å². The van der Waals surface area contributed by atoms with Crippen LogP contribution in [0.1, 0.15) is 26.3 Å². The largest absolute Gasteiger partial charge is 0.511 e. The highest BCUT2D eigenvalue weighted by molar-refractivity contribution is 5.69. The van der Waals surface area contributed by atoms with Gasteiger partial charge in [-0.15, -0.1) is 0 Å². The lowest BCUT2D eigenvalue weighted by Crippen LogP contribution is -2.13. The van der Waals surface area contributed by atoms with Crippen molar-refractivity contribution >= 4 is 11.8 Å². The molecule has 0 aliphatic rings. The number of phenolic OH excluding ortho intramolecular Hbond substituents is 1. The molecule has 0 heterocycles. The van der Waals surface area contributed by atoms with Gasteiger partial charge in [-0.1, -0.05) is 20.8 Å². The number of aromatic hydroxyl groups is 1. The first kappa shape index (κ1) is 13.8. The minimum absolute atomic E-state index is 0.365. The van der Waals surface area contributed by atoms with Crippen LogP contribution in [0.15, 0.2) is 12.1 Å². The molecule has 7 heteroatoms. The van der Waals surface area contributed by atoms with Crippen LogP contribution in [0.2, 0.25) is 0 Å². The lowest BCUT2D eigenvalue weighted by molar-refractivity contribution is -0.385. The number of phenols is 1. The number of nitrogens with zero attached hydrogens (tertiary/aromatic N) is 1. The van der Waals surface area contributed by atoms with Gasteiger partial charge in [0.2, 0.25) is 0 Å². The summed E-state index contributed by atoms with van der Waals surface area (Å²) < 4.78 is 4.30. The fourth-order valence-corrected chi connectivity index (χ4v) is 1.50. The van der Waals surface area contributed by atoms with Gasteiger partial charge in [0.1, 0.15) is 0 Å². The van der Waals surface area contributed by atoms with Gasteiger partial charge in [0.15, 0.2) is 5.75 Å². The zero-order valence-corrected chi connectivity index (χ0v) is 10.1. The number of carbonyl (C=O) groups is 1. The second-order valence-corrected chi connectivity index (χ2v) is 4.69. The first-order valence-corrected chi connectivity index (χ1v) is 5.06. The maximum Gasteiger partial charge on any atom is 0.511 e. The van der Waals surface area contributed by atoms with E-state index >= 15 is 0 Å². The molecule has 0 radical (unpaired) electrons. The van der Waals surface area contributed by atoms with Crippen molar-refractivity contribution in [2.75, 3.05) is 0 Å². The van der Waals surface area contributed by atoms with Crippen LogP contribution < -0.4 is 4.74 Å². The molecule has 0 saturated carbocycles. The number of hydrogen-bond acceptors (Lipinski definition) is 5. The maximum atomic E-state index is 10.7. The van der Waals surface area contributed by atoms with E-state index in [4.69, 9.17) is 5.11 Å². The van der Waals surface area contributed by atoms with Crippen LogP contribution in [0.25, 0.3) is 0 Å². The molecule has 0 unspecified atom stereocenters. The normalized spacial score (nSPS) is 11.1. The number of nitro benzene ring substituents is 1. The highest BCUT2D eigenvalue weighted by Crippen LogP contribution is 2.43. The van der Waals surface area contributed by atoms with Gasteiger partial charge in [-0.25, -0.2) is 4.79 Å². The molecule has 18 heavy (non-hydrogen) atoms. The molecule has 0 spiro atoms. The Morgan fingerprint density at radius 3 is 2.33 bits per heavy atom. The topological polar surface area (TPSA) is 110 Å². The molecule has 0 fully saturated rings. The zero-order chi connectivity index (χ0) is 14.1. The van der Waals surface area contributed by atoms with Crippen LogP contribution in [0.4, 0.5) is 10.5 Å². The molecule has 0 aliphatic heterocycles. The minimum atomic E-state index is -1.72. The van der Waals surface area contributed by atoms with Gasteiger partial charge in [0.25, 0.3) is 5.75 Å². The lowest BCUT2D eigenvalue weighted by Gasteiger charge is -2.21. The Morgan fingerprint density at radius 1 is 1.39 bits per heavy atom. The van der Waals surface area contributed by atoms with E-state index in [1.54, 1.807) is 20.8 Å². The van der Waals surface area contributed by atoms with Crippen LogP contribution in [0, 0.1) is 10.1 Å². The molecule has 7 nitrogen and oxygen atoms in total. The second kappa shape index (κ2) is 4.52. The number of carboxylic acid groups (broad SMARTS) is 1. The summed E-state index contributed by atoms with van der Waals surface area (Å²) in [5.41, 5.74) is -0.734. The molecule has 0 atom stereocenters. The van der Waals surface area contributed by atoms with Crippen molar-refractivity contribution in [1.29, 1.82) is 0 Å². The van der Waals surface area contributed by atoms with Crippen LogP contribution in [-0.4, -0.2) is 21.3 Å². The van der Waals surface area contributed by atoms with Crippen molar-refractivity contribution in [2.24, 2.45) is 0 Å². The van der Waals surface area contributed by atoms with E-state index in [1.807, 2.05) is 0 Å². The van der Waals surface area contributed by atoms with Crippen molar-refractivity contribution in [3.63, 3.8) is 0 Å². The van der Waals surface area contributed by atoms with Crippen molar-refractivity contribution in [2.45, 2.75) is 26.2 Å². The second-order valence-electron chi connectivity index (χ2n) is 4.69. The number of ether oxygens (including phenoxy) is 1. The fraction of sp³-hybridized carbons (Fsp3) is 0.364. The van der Waals surface area contributed by atoms with Gasteiger partial charge in [-0.3, -0.25) is 10.1 Å². The van der Waals surface area contributed by atoms with Gasteiger partial charge in [-0.2, -0.15) is 0 Å². The van der Waals surface area contributed by atoms with Crippen molar-refractivity contribution in [3.8, 4) is 11.5 Å². The zero-order valence-electron chi connectivity index (χ0n) is 10.1. The van der Waals surface area contributed by atoms with E-state index < -0.39 is 33.7 Å². The molecular formula is C11H13NO6. The summed E-state index contributed by atoms with van der Waals surface area (Å²) in [6.07, 6.45) is -1.72. The molecule has 1 rings (SSSR count). The van der Waals surface area contributed by atoms with Gasteiger partial charge in [0, 0.05) is 11.6 Å². The molecule has 1 aromatic rings.